The van der Waals surface area contributed by atoms with Crippen LogP contribution in [0.1, 0.15) is 32.8 Å². The monoisotopic (exact) mass is 235 g/mol. The minimum absolute atomic E-state index is 0.619. The normalized spacial score (nSPS) is 12.9. The van der Waals surface area contributed by atoms with Crippen molar-refractivity contribution in [3.05, 3.63) is 23.9 Å². The summed E-state index contributed by atoms with van der Waals surface area (Å²) in [5.41, 5.74) is 6.94. The van der Waals surface area contributed by atoms with E-state index in [4.69, 9.17) is 5.73 Å². The highest BCUT2D eigenvalue weighted by atomic mass is 14.9. The summed E-state index contributed by atoms with van der Waals surface area (Å²) in [6, 6.07) is 4.01. The van der Waals surface area contributed by atoms with Gasteiger partial charge in [0.15, 0.2) is 0 Å². The minimum atomic E-state index is 0.619. The minimum Gasteiger partial charge on any atom is -0.384 e. The topological polar surface area (TPSA) is 50.9 Å². The Morgan fingerprint density at radius 2 is 2.06 bits per heavy atom. The third-order valence-corrected chi connectivity index (χ3v) is 2.82. The van der Waals surface area contributed by atoms with E-state index in [2.05, 4.69) is 31.1 Å². The first-order chi connectivity index (χ1) is 8.08. The number of hydrogen-bond donors (Lipinski definition) is 2. The average molecular weight is 235 g/mol. The maximum absolute atomic E-state index is 5.66. The van der Waals surface area contributed by atoms with Crippen LogP contribution in [-0.4, -0.2) is 18.1 Å². The number of pyridine rings is 1. The molecule has 1 unspecified atom stereocenters. The summed E-state index contributed by atoms with van der Waals surface area (Å²) < 4.78 is 0. The molecule has 17 heavy (non-hydrogen) atoms. The maximum Gasteiger partial charge on any atom is 0.123 e. The van der Waals surface area contributed by atoms with Gasteiger partial charge in [-0.1, -0.05) is 20.8 Å². The number of aryl methyl sites for hydroxylation is 1. The van der Waals surface area contributed by atoms with Crippen LogP contribution in [0.15, 0.2) is 18.3 Å². The summed E-state index contributed by atoms with van der Waals surface area (Å²) >= 11 is 0. The summed E-state index contributed by atoms with van der Waals surface area (Å²) in [6.45, 7) is 8.96. The zero-order valence-corrected chi connectivity index (χ0v) is 11.2. The number of hydrogen-bond acceptors (Lipinski definition) is 3. The zero-order chi connectivity index (χ0) is 12.7. The molecule has 3 heteroatoms. The van der Waals surface area contributed by atoms with E-state index in [9.17, 15) is 0 Å². The van der Waals surface area contributed by atoms with Gasteiger partial charge in [0.25, 0.3) is 0 Å². The fourth-order valence-corrected chi connectivity index (χ4v) is 1.78. The highest BCUT2D eigenvalue weighted by Crippen LogP contribution is 2.10. The highest BCUT2D eigenvalue weighted by molar-refractivity contribution is 5.31. The Labute approximate surface area is 105 Å². The predicted molar refractivity (Wildman–Crippen MR) is 73.8 cm³/mol. The molecule has 0 spiro atoms. The number of nitrogens with zero attached hydrogens (tertiary/aromatic N) is 1. The molecule has 0 aliphatic rings. The zero-order valence-electron chi connectivity index (χ0n) is 11.2. The number of nitrogens with two attached hydrogens (primary N) is 1. The summed E-state index contributed by atoms with van der Waals surface area (Å²) in [5, 5.41) is 3.50. The van der Waals surface area contributed by atoms with E-state index in [0.29, 0.717) is 11.7 Å². The van der Waals surface area contributed by atoms with Crippen molar-refractivity contribution in [1.29, 1.82) is 0 Å². The summed E-state index contributed by atoms with van der Waals surface area (Å²) in [6.07, 6.45) is 4.05. The lowest BCUT2D eigenvalue weighted by Gasteiger charge is -2.14. The lowest BCUT2D eigenvalue weighted by molar-refractivity contribution is 0.454. The molecule has 1 aromatic rings. The van der Waals surface area contributed by atoms with Crippen LogP contribution in [0.2, 0.25) is 0 Å². The second kappa shape index (κ2) is 7.28. The van der Waals surface area contributed by atoms with Crippen LogP contribution in [0.25, 0.3) is 0 Å². The second-order valence-electron chi connectivity index (χ2n) is 5.28. The number of anilines is 1. The Morgan fingerprint density at radius 1 is 1.29 bits per heavy atom. The molecular formula is C14H25N3. The van der Waals surface area contributed by atoms with Crippen LogP contribution < -0.4 is 11.1 Å². The van der Waals surface area contributed by atoms with Gasteiger partial charge in [-0.25, -0.2) is 4.98 Å². The molecule has 1 aromatic heterocycles. The van der Waals surface area contributed by atoms with Crippen LogP contribution in [0.5, 0.6) is 0 Å². The Morgan fingerprint density at radius 3 is 2.71 bits per heavy atom. The number of nitrogen functional groups attached to an aromatic ring is 1. The van der Waals surface area contributed by atoms with Gasteiger partial charge in [-0.05, 0) is 55.5 Å². The quantitative estimate of drug-likeness (QED) is 0.763. The molecule has 1 atom stereocenters. The molecule has 1 rings (SSSR count). The fourth-order valence-electron chi connectivity index (χ4n) is 1.78. The molecule has 0 amide bonds. The van der Waals surface area contributed by atoms with Gasteiger partial charge in [0.2, 0.25) is 0 Å². The van der Waals surface area contributed by atoms with Crippen molar-refractivity contribution in [3.8, 4) is 0 Å². The number of aromatic nitrogens is 1. The van der Waals surface area contributed by atoms with Crippen LogP contribution >= 0.6 is 0 Å². The van der Waals surface area contributed by atoms with Crippen molar-refractivity contribution in [3.63, 3.8) is 0 Å². The van der Waals surface area contributed by atoms with E-state index in [1.165, 1.54) is 12.0 Å². The Hall–Kier alpha value is -1.09. The van der Waals surface area contributed by atoms with Crippen molar-refractivity contribution in [2.45, 2.75) is 33.6 Å². The van der Waals surface area contributed by atoms with E-state index < -0.39 is 0 Å². The van der Waals surface area contributed by atoms with Gasteiger partial charge in [-0.3, -0.25) is 0 Å². The van der Waals surface area contributed by atoms with Crippen molar-refractivity contribution in [1.82, 2.24) is 10.3 Å². The largest absolute Gasteiger partial charge is 0.384 e. The fraction of sp³-hybridized carbons (Fsp3) is 0.643. The van der Waals surface area contributed by atoms with E-state index in [1.54, 1.807) is 6.20 Å². The van der Waals surface area contributed by atoms with Gasteiger partial charge >= 0.3 is 0 Å². The molecular weight excluding hydrogens is 210 g/mol. The molecule has 0 aliphatic carbocycles. The molecule has 0 radical (unpaired) electrons. The lowest BCUT2D eigenvalue weighted by atomic mass is 10.0. The number of nitrogens with one attached hydrogen (secondary N) is 1. The predicted octanol–water partition coefficient (Wildman–Crippen LogP) is 2.48. The highest BCUT2D eigenvalue weighted by Gasteiger charge is 2.03. The first-order valence-corrected chi connectivity index (χ1v) is 6.49. The maximum atomic E-state index is 5.66. The van der Waals surface area contributed by atoms with Gasteiger partial charge < -0.3 is 11.1 Å². The third-order valence-electron chi connectivity index (χ3n) is 2.82. The SMILES string of the molecule is CC(C)CNCC(C)CCc1ccnc(N)c1. The molecule has 0 aromatic carbocycles. The van der Waals surface area contributed by atoms with Crippen LogP contribution in [0, 0.1) is 11.8 Å². The van der Waals surface area contributed by atoms with Crippen LogP contribution in [0.4, 0.5) is 5.82 Å². The van der Waals surface area contributed by atoms with Crippen molar-refractivity contribution in [2.24, 2.45) is 11.8 Å². The number of rotatable bonds is 7. The van der Waals surface area contributed by atoms with E-state index in [-0.39, 0.29) is 0 Å². The molecule has 0 fully saturated rings. The van der Waals surface area contributed by atoms with Crippen molar-refractivity contribution in [2.75, 3.05) is 18.8 Å². The van der Waals surface area contributed by atoms with Gasteiger partial charge in [-0.15, -0.1) is 0 Å². The van der Waals surface area contributed by atoms with E-state index in [1.807, 2.05) is 12.1 Å². The molecule has 0 bridgehead atoms. The van der Waals surface area contributed by atoms with E-state index >= 15 is 0 Å². The first-order valence-electron chi connectivity index (χ1n) is 6.49. The Balaban J connectivity index is 2.21. The van der Waals surface area contributed by atoms with Gasteiger partial charge in [0, 0.05) is 6.20 Å². The molecule has 96 valence electrons. The smallest absolute Gasteiger partial charge is 0.123 e. The summed E-state index contributed by atoms with van der Waals surface area (Å²) in [4.78, 5) is 4.00. The summed E-state index contributed by atoms with van der Waals surface area (Å²) in [5.74, 6) is 2.04. The molecule has 0 saturated heterocycles. The van der Waals surface area contributed by atoms with Crippen LogP contribution in [0.3, 0.4) is 0 Å². The Kier molecular flexibility index (Phi) is 5.98. The molecule has 3 N–H and O–H groups in total. The molecule has 1 heterocycles. The second-order valence-corrected chi connectivity index (χ2v) is 5.28. The van der Waals surface area contributed by atoms with Crippen LogP contribution in [-0.2, 0) is 6.42 Å². The molecule has 0 saturated carbocycles. The van der Waals surface area contributed by atoms with Crippen molar-refractivity contribution < 1.29 is 0 Å². The third kappa shape index (κ3) is 6.27. The summed E-state index contributed by atoms with van der Waals surface area (Å²) in [7, 11) is 0. The average Bonchev–Trinajstić information content (AvgIpc) is 2.26. The first kappa shape index (κ1) is 14.0. The van der Waals surface area contributed by atoms with Gasteiger partial charge in [-0.2, -0.15) is 0 Å². The lowest BCUT2D eigenvalue weighted by Crippen LogP contribution is -2.25. The molecule has 3 nitrogen and oxygen atoms in total. The standard InChI is InChI=1S/C14H25N3/c1-11(2)9-16-10-12(3)4-5-13-6-7-17-14(15)8-13/h6-8,11-12,16H,4-5,9-10H2,1-3H3,(H2,15,17). The van der Waals surface area contributed by atoms with E-state index in [0.717, 1.165) is 25.4 Å². The van der Waals surface area contributed by atoms with Gasteiger partial charge in [0.1, 0.15) is 5.82 Å². The van der Waals surface area contributed by atoms with Gasteiger partial charge in [0.05, 0.1) is 0 Å². The molecule has 0 aliphatic heterocycles. The van der Waals surface area contributed by atoms with Crippen molar-refractivity contribution >= 4 is 5.82 Å². The Bertz CT molecular complexity index is 323.